The zero-order chi connectivity index (χ0) is 13.2. The molecule has 1 unspecified atom stereocenters. The lowest BCUT2D eigenvalue weighted by Crippen LogP contribution is -2.23. The summed E-state index contributed by atoms with van der Waals surface area (Å²) in [5.41, 5.74) is 5.15. The van der Waals surface area contributed by atoms with Crippen LogP contribution in [0.5, 0.6) is 11.5 Å². The number of carboxylic acid groups (broad SMARTS) is 1. The first-order valence-corrected chi connectivity index (χ1v) is 5.31. The van der Waals surface area contributed by atoms with Crippen molar-refractivity contribution in [1.29, 1.82) is 0 Å². The highest BCUT2D eigenvalue weighted by atomic mass is 79.9. The van der Waals surface area contributed by atoms with E-state index in [2.05, 4.69) is 15.9 Å². The van der Waals surface area contributed by atoms with E-state index in [9.17, 15) is 9.18 Å². The number of carboxylic acids is 1. The first-order valence-electron chi connectivity index (χ1n) is 4.52. The summed E-state index contributed by atoms with van der Waals surface area (Å²) < 4.78 is 24.0. The lowest BCUT2D eigenvalue weighted by Gasteiger charge is -2.17. The first kappa shape index (κ1) is 13.7. The second-order valence-corrected chi connectivity index (χ2v) is 3.99. The third-order valence-corrected chi connectivity index (χ3v) is 2.75. The third-order valence-electron chi connectivity index (χ3n) is 2.16. The van der Waals surface area contributed by atoms with Crippen molar-refractivity contribution in [3.8, 4) is 11.5 Å². The molecule has 0 spiro atoms. The van der Waals surface area contributed by atoms with E-state index in [1.54, 1.807) is 0 Å². The van der Waals surface area contributed by atoms with E-state index in [0.717, 1.165) is 6.07 Å². The van der Waals surface area contributed by atoms with Gasteiger partial charge in [0.15, 0.2) is 11.5 Å². The van der Waals surface area contributed by atoms with E-state index in [-0.39, 0.29) is 17.1 Å². The summed E-state index contributed by atoms with van der Waals surface area (Å²) in [6, 6.07) is -0.439. The largest absolute Gasteiger partial charge is 0.492 e. The van der Waals surface area contributed by atoms with Crippen molar-refractivity contribution >= 4 is 21.9 Å². The summed E-state index contributed by atoms with van der Waals surface area (Å²) >= 11 is 3.09. The highest BCUT2D eigenvalue weighted by molar-refractivity contribution is 9.10. The van der Waals surface area contributed by atoms with Crippen LogP contribution in [0, 0.1) is 5.82 Å². The molecule has 0 aliphatic carbocycles. The number of methoxy groups -OCH3 is 2. The second kappa shape index (κ2) is 5.33. The molecular weight excluding hydrogens is 297 g/mol. The summed E-state index contributed by atoms with van der Waals surface area (Å²) in [6.07, 6.45) is 0. The SMILES string of the molecule is COc1c(Br)cc(F)c(C(N)C(=O)O)c1OC. The molecular formula is C10H11BrFNO4. The zero-order valence-electron chi connectivity index (χ0n) is 9.16. The Bertz CT molecular complexity index is 452. The molecule has 0 aliphatic rings. The summed E-state index contributed by atoms with van der Waals surface area (Å²) in [6.45, 7) is 0. The average Bonchev–Trinajstić information content (AvgIpc) is 2.27. The van der Waals surface area contributed by atoms with Crippen LogP contribution in [0.4, 0.5) is 4.39 Å². The monoisotopic (exact) mass is 307 g/mol. The summed E-state index contributed by atoms with van der Waals surface area (Å²) in [5.74, 6) is -1.97. The molecule has 94 valence electrons. The summed E-state index contributed by atoms with van der Waals surface area (Å²) in [7, 11) is 2.64. The van der Waals surface area contributed by atoms with Gasteiger partial charge in [0, 0.05) is 0 Å². The van der Waals surface area contributed by atoms with E-state index in [4.69, 9.17) is 20.3 Å². The molecule has 0 saturated carbocycles. The maximum Gasteiger partial charge on any atom is 0.325 e. The number of benzene rings is 1. The highest BCUT2D eigenvalue weighted by Crippen LogP contribution is 2.41. The third kappa shape index (κ3) is 2.50. The number of hydrogen-bond acceptors (Lipinski definition) is 4. The van der Waals surface area contributed by atoms with Crippen LogP contribution in [-0.2, 0) is 4.79 Å². The zero-order valence-corrected chi connectivity index (χ0v) is 10.7. The number of hydrogen-bond donors (Lipinski definition) is 2. The van der Waals surface area contributed by atoms with Crippen molar-refractivity contribution in [3.05, 3.63) is 21.9 Å². The number of rotatable bonds is 4. The molecule has 7 heteroatoms. The molecule has 17 heavy (non-hydrogen) atoms. The molecule has 0 fully saturated rings. The summed E-state index contributed by atoms with van der Waals surface area (Å²) in [5, 5.41) is 8.81. The normalized spacial score (nSPS) is 12.1. The number of aliphatic carboxylic acids is 1. The van der Waals surface area contributed by atoms with Crippen molar-refractivity contribution in [2.24, 2.45) is 5.73 Å². The van der Waals surface area contributed by atoms with Crippen molar-refractivity contribution < 1.29 is 23.8 Å². The average molecular weight is 308 g/mol. The van der Waals surface area contributed by atoms with Crippen molar-refractivity contribution in [1.82, 2.24) is 0 Å². The van der Waals surface area contributed by atoms with Crippen LogP contribution in [-0.4, -0.2) is 25.3 Å². The number of nitrogens with two attached hydrogens (primary N) is 1. The maximum atomic E-state index is 13.7. The molecule has 0 aromatic heterocycles. The number of carbonyl (C=O) groups is 1. The Hall–Kier alpha value is -1.34. The molecule has 0 aliphatic heterocycles. The van der Waals surface area contributed by atoms with Gasteiger partial charge in [-0.05, 0) is 22.0 Å². The van der Waals surface area contributed by atoms with Crippen molar-refractivity contribution in [2.45, 2.75) is 6.04 Å². The van der Waals surface area contributed by atoms with Gasteiger partial charge in [-0.2, -0.15) is 0 Å². The maximum absolute atomic E-state index is 13.7. The minimum Gasteiger partial charge on any atom is -0.492 e. The predicted molar refractivity (Wildman–Crippen MR) is 61.8 cm³/mol. The molecule has 5 nitrogen and oxygen atoms in total. The first-order chi connectivity index (χ1) is 7.93. The Morgan fingerprint density at radius 2 is 2.00 bits per heavy atom. The standard InChI is InChI=1S/C10H11BrFNO4/c1-16-8-4(11)3-5(12)6(9(8)17-2)7(13)10(14)15/h3,7H,13H2,1-2H3,(H,14,15). The number of ether oxygens (including phenoxy) is 2. The number of halogens is 2. The van der Waals surface area contributed by atoms with Crippen LogP contribution in [0.1, 0.15) is 11.6 Å². The smallest absolute Gasteiger partial charge is 0.325 e. The molecule has 1 aromatic carbocycles. The van der Waals surface area contributed by atoms with Gasteiger partial charge < -0.3 is 20.3 Å². The van der Waals surface area contributed by atoms with Crippen molar-refractivity contribution in [3.63, 3.8) is 0 Å². The Morgan fingerprint density at radius 1 is 1.47 bits per heavy atom. The van der Waals surface area contributed by atoms with Crippen LogP contribution in [0.3, 0.4) is 0 Å². The van der Waals surface area contributed by atoms with Gasteiger partial charge in [0.1, 0.15) is 11.9 Å². The van der Waals surface area contributed by atoms with E-state index in [1.165, 1.54) is 14.2 Å². The fourth-order valence-electron chi connectivity index (χ4n) is 1.40. The summed E-state index contributed by atoms with van der Waals surface area (Å²) in [4.78, 5) is 10.8. The predicted octanol–water partition coefficient (Wildman–Crippen LogP) is 1.69. The van der Waals surface area contributed by atoms with Crippen molar-refractivity contribution in [2.75, 3.05) is 14.2 Å². The van der Waals surface area contributed by atoms with Crippen LogP contribution in [0.15, 0.2) is 10.5 Å². The molecule has 1 atom stereocenters. The van der Waals surface area contributed by atoms with Gasteiger partial charge in [0.25, 0.3) is 0 Å². The highest BCUT2D eigenvalue weighted by Gasteiger charge is 2.27. The minimum atomic E-state index is -1.52. The van der Waals surface area contributed by atoms with Crippen LogP contribution < -0.4 is 15.2 Å². The van der Waals surface area contributed by atoms with E-state index >= 15 is 0 Å². The molecule has 1 rings (SSSR count). The topological polar surface area (TPSA) is 81.8 Å². The molecule has 0 amide bonds. The molecule has 1 aromatic rings. The van der Waals surface area contributed by atoms with Crippen LogP contribution >= 0.6 is 15.9 Å². The van der Waals surface area contributed by atoms with E-state index in [1.807, 2.05) is 0 Å². The van der Waals surface area contributed by atoms with Crippen LogP contribution in [0.2, 0.25) is 0 Å². The molecule has 0 bridgehead atoms. The van der Waals surface area contributed by atoms with Gasteiger partial charge in [0.05, 0.1) is 24.3 Å². The van der Waals surface area contributed by atoms with Gasteiger partial charge in [-0.15, -0.1) is 0 Å². The lowest BCUT2D eigenvalue weighted by molar-refractivity contribution is -0.138. The van der Waals surface area contributed by atoms with Gasteiger partial charge in [-0.1, -0.05) is 0 Å². The van der Waals surface area contributed by atoms with Gasteiger partial charge in [0.2, 0.25) is 0 Å². The van der Waals surface area contributed by atoms with E-state index < -0.39 is 17.8 Å². The fraction of sp³-hybridized carbons (Fsp3) is 0.300. The van der Waals surface area contributed by atoms with Gasteiger partial charge in [-0.25, -0.2) is 4.39 Å². The Balaban J connectivity index is 3.52. The molecule has 0 saturated heterocycles. The Morgan fingerprint density at radius 3 is 2.41 bits per heavy atom. The Labute approximate surface area is 105 Å². The van der Waals surface area contributed by atoms with Gasteiger partial charge in [-0.3, -0.25) is 4.79 Å². The molecule has 3 N–H and O–H groups in total. The second-order valence-electron chi connectivity index (χ2n) is 3.14. The Kier molecular flexibility index (Phi) is 4.30. The molecule has 0 radical (unpaired) electrons. The van der Waals surface area contributed by atoms with E-state index in [0.29, 0.717) is 4.47 Å². The van der Waals surface area contributed by atoms with Gasteiger partial charge >= 0.3 is 5.97 Å². The quantitative estimate of drug-likeness (QED) is 0.884. The minimum absolute atomic E-state index is 0.0331. The lowest BCUT2D eigenvalue weighted by atomic mass is 10.1. The fourth-order valence-corrected chi connectivity index (χ4v) is 1.94. The molecule has 0 heterocycles. The van der Waals surface area contributed by atoms with Crippen LogP contribution in [0.25, 0.3) is 0 Å².